The van der Waals surface area contributed by atoms with Crippen molar-refractivity contribution in [3.63, 3.8) is 0 Å². The smallest absolute Gasteiger partial charge is 0.744 e. The minimum Gasteiger partial charge on any atom is -0.744 e. The Balaban J connectivity index is -0.00000133. The van der Waals surface area contributed by atoms with Crippen LogP contribution in [0.4, 0.5) is 5.69 Å². The fourth-order valence-electron chi connectivity index (χ4n) is 1.28. The van der Waals surface area contributed by atoms with Crippen LogP contribution in [0.1, 0.15) is 0 Å². The molecule has 0 atom stereocenters. The number of carbonyl (C=O) groups excluding carboxylic acids is 1. The third-order valence-corrected chi connectivity index (χ3v) is 3.11. The maximum absolute atomic E-state index is 11.3. The minimum absolute atomic E-state index is 0. The van der Waals surface area contributed by atoms with E-state index in [0.717, 1.165) is 12.1 Å². The van der Waals surface area contributed by atoms with E-state index in [2.05, 4.69) is 10.6 Å². The Kier molecular flexibility index (Phi) is 13.4. The molecule has 0 bridgehead atoms. The van der Waals surface area contributed by atoms with Crippen molar-refractivity contribution in [2.75, 3.05) is 12.4 Å². The molecule has 0 aliphatic rings. The maximum Gasteiger partial charge on any atom is 1.00 e. The predicted molar refractivity (Wildman–Crippen MR) is 76.1 cm³/mol. The van der Waals surface area contributed by atoms with Gasteiger partial charge < -0.3 is 31.9 Å². The van der Waals surface area contributed by atoms with Gasteiger partial charge in [-0.2, -0.15) is 5.26 Å². The summed E-state index contributed by atoms with van der Waals surface area (Å²) in [6.07, 6.45) is 0. The number of rotatable bonds is 4. The first-order valence-corrected chi connectivity index (χ1v) is 6.65. The first-order chi connectivity index (χ1) is 9.29. The molecule has 0 saturated carbocycles. The van der Waals surface area contributed by atoms with Gasteiger partial charge in [0.05, 0.1) is 4.90 Å². The number of amides is 1. The van der Waals surface area contributed by atoms with E-state index in [-0.39, 0.29) is 73.7 Å². The molecule has 0 fully saturated rings. The van der Waals surface area contributed by atoms with Crippen molar-refractivity contribution in [3.05, 3.63) is 35.7 Å². The summed E-state index contributed by atoms with van der Waals surface area (Å²) in [4.78, 5) is 10.9. The number of nitriles is 1. The Morgan fingerprint density at radius 3 is 2.09 bits per heavy atom. The number of hydrogen-bond donors (Lipinski definition) is 3. The number of nitrogens with two attached hydrogens (primary N) is 1. The van der Waals surface area contributed by atoms with Crippen LogP contribution in [-0.4, -0.2) is 36.9 Å². The topological polar surface area (TPSA) is 211 Å². The van der Waals surface area contributed by atoms with Crippen molar-refractivity contribution in [1.82, 2.24) is 5.32 Å². The number of nitrogens with zero attached hydrogens (tertiary/aromatic N) is 1. The molecule has 8 N–H and O–H groups in total. The molecular formula is C11H15KN4O6S. The van der Waals surface area contributed by atoms with Crippen LogP contribution < -0.4 is 67.8 Å². The zero-order chi connectivity index (χ0) is 15.3. The first kappa shape index (κ1) is 26.9. The van der Waals surface area contributed by atoms with E-state index in [1.807, 2.05) is 0 Å². The Morgan fingerprint density at radius 2 is 1.74 bits per heavy atom. The van der Waals surface area contributed by atoms with Crippen molar-refractivity contribution in [2.24, 2.45) is 5.73 Å². The zero-order valence-electron chi connectivity index (χ0n) is 12.4. The number of likely N-dealkylation sites (N-methyl/N-ethyl adjacent to an activating group) is 1. The second-order valence-corrected chi connectivity index (χ2v) is 4.96. The molecule has 0 aromatic heterocycles. The van der Waals surface area contributed by atoms with Gasteiger partial charge in [0, 0.05) is 12.7 Å². The van der Waals surface area contributed by atoms with Gasteiger partial charge in [-0.15, -0.1) is 0 Å². The Morgan fingerprint density at radius 1 is 1.26 bits per heavy atom. The third-order valence-electron chi connectivity index (χ3n) is 2.26. The molecule has 0 radical (unpaired) electrons. The number of carbonyl (C=O) groups is 1. The van der Waals surface area contributed by atoms with Gasteiger partial charge in [0.2, 0.25) is 0 Å². The van der Waals surface area contributed by atoms with Crippen molar-refractivity contribution < 1.29 is 80.1 Å². The maximum atomic E-state index is 11.3. The molecular weight excluding hydrogens is 355 g/mol. The molecule has 1 amide bonds. The fourth-order valence-corrected chi connectivity index (χ4v) is 1.75. The first-order valence-electron chi connectivity index (χ1n) is 5.24. The minimum atomic E-state index is -4.52. The van der Waals surface area contributed by atoms with Gasteiger partial charge in [0.25, 0.3) is 5.91 Å². The summed E-state index contributed by atoms with van der Waals surface area (Å²) in [5, 5.41) is 13.6. The largest absolute Gasteiger partial charge is 1.00 e. The van der Waals surface area contributed by atoms with Gasteiger partial charge in [-0.05, 0) is 24.3 Å². The molecule has 23 heavy (non-hydrogen) atoms. The molecule has 0 unspecified atom stereocenters. The SMILES string of the molecule is CNC(=O)C(C#N)=C(N)Nc1ccc(S(=O)(=O)[O-])cc1.O.O.[K+]. The molecule has 1 rings (SSSR count). The van der Waals surface area contributed by atoms with E-state index in [9.17, 15) is 17.8 Å². The summed E-state index contributed by atoms with van der Waals surface area (Å²) in [5.41, 5.74) is 5.58. The van der Waals surface area contributed by atoms with Gasteiger partial charge in [0.15, 0.2) is 5.57 Å². The summed E-state index contributed by atoms with van der Waals surface area (Å²) >= 11 is 0. The van der Waals surface area contributed by atoms with E-state index >= 15 is 0 Å². The summed E-state index contributed by atoms with van der Waals surface area (Å²) in [6, 6.07) is 6.39. The van der Waals surface area contributed by atoms with Gasteiger partial charge >= 0.3 is 51.4 Å². The van der Waals surface area contributed by atoms with Gasteiger partial charge in [-0.3, -0.25) is 4.79 Å². The Labute approximate surface area is 175 Å². The van der Waals surface area contributed by atoms with Crippen LogP contribution in [0, 0.1) is 11.3 Å². The normalized spacial score (nSPS) is 10.5. The number of benzene rings is 1. The molecule has 1 aromatic carbocycles. The van der Waals surface area contributed by atoms with Crippen LogP contribution in [-0.2, 0) is 14.9 Å². The van der Waals surface area contributed by atoms with Crippen LogP contribution in [0.25, 0.3) is 0 Å². The molecule has 0 heterocycles. The molecule has 122 valence electrons. The zero-order valence-corrected chi connectivity index (χ0v) is 16.3. The quantitative estimate of drug-likeness (QED) is 0.202. The molecule has 0 aliphatic heterocycles. The second-order valence-electron chi connectivity index (χ2n) is 3.58. The van der Waals surface area contributed by atoms with E-state index in [1.165, 1.54) is 19.2 Å². The summed E-state index contributed by atoms with van der Waals surface area (Å²) in [6.45, 7) is 0. The molecule has 0 spiro atoms. The van der Waals surface area contributed by atoms with Crippen LogP contribution in [0.3, 0.4) is 0 Å². The van der Waals surface area contributed by atoms with Gasteiger partial charge in [-0.25, -0.2) is 8.42 Å². The molecule has 10 nitrogen and oxygen atoms in total. The predicted octanol–water partition coefficient (Wildman–Crippen LogP) is -5.20. The second kappa shape index (κ2) is 11.5. The molecule has 12 heteroatoms. The number of anilines is 1. The molecule has 1 aromatic rings. The van der Waals surface area contributed by atoms with E-state index in [0.29, 0.717) is 5.69 Å². The Hall–Kier alpha value is -1.01. The van der Waals surface area contributed by atoms with Gasteiger partial charge in [0.1, 0.15) is 22.0 Å². The van der Waals surface area contributed by atoms with E-state index in [1.54, 1.807) is 6.07 Å². The summed E-state index contributed by atoms with van der Waals surface area (Å²) in [7, 11) is -3.18. The van der Waals surface area contributed by atoms with E-state index < -0.39 is 20.9 Å². The monoisotopic (exact) mass is 370 g/mol. The van der Waals surface area contributed by atoms with Crippen LogP contribution in [0.5, 0.6) is 0 Å². The van der Waals surface area contributed by atoms with Crippen molar-refractivity contribution >= 4 is 21.7 Å². The average Bonchev–Trinajstić information content (AvgIpc) is 2.38. The van der Waals surface area contributed by atoms with Crippen molar-refractivity contribution in [2.45, 2.75) is 4.90 Å². The van der Waals surface area contributed by atoms with Crippen molar-refractivity contribution in [1.29, 1.82) is 5.26 Å². The van der Waals surface area contributed by atoms with Crippen molar-refractivity contribution in [3.8, 4) is 6.07 Å². The molecule has 0 aliphatic carbocycles. The molecule has 0 saturated heterocycles. The van der Waals surface area contributed by atoms with Crippen LogP contribution in [0.2, 0.25) is 0 Å². The number of hydrogen-bond acceptors (Lipinski definition) is 7. The van der Waals surface area contributed by atoms with Gasteiger partial charge in [-0.1, -0.05) is 0 Å². The fraction of sp³-hybridized carbons (Fsp3) is 0.0909. The summed E-state index contributed by atoms with van der Waals surface area (Å²) < 4.78 is 32.2. The third kappa shape index (κ3) is 7.88. The van der Waals surface area contributed by atoms with Crippen LogP contribution in [0.15, 0.2) is 40.6 Å². The number of nitrogens with one attached hydrogen (secondary N) is 2. The Bertz CT molecular complexity index is 696. The van der Waals surface area contributed by atoms with E-state index in [4.69, 9.17) is 11.0 Å². The average molecular weight is 370 g/mol. The summed E-state index contributed by atoms with van der Waals surface area (Å²) in [5.74, 6) is -0.846. The standard InChI is InChI=1S/C11H12N4O4S.K.2H2O/c1-14-11(16)9(6-12)10(13)15-7-2-4-8(5-3-7)20(17,18)19;;;/h2-5,15H,13H2,1H3,(H,14,16)(H,17,18,19);;2*1H2/q;+1;;/p-1. The van der Waals surface area contributed by atoms with Crippen LogP contribution >= 0.6 is 0 Å².